The minimum atomic E-state index is -0.120. The van der Waals surface area contributed by atoms with Crippen molar-refractivity contribution in [1.82, 2.24) is 0 Å². The highest BCUT2D eigenvalue weighted by Crippen LogP contribution is 2.32. The third-order valence-electron chi connectivity index (χ3n) is 5.00. The summed E-state index contributed by atoms with van der Waals surface area (Å²) < 4.78 is 0. The van der Waals surface area contributed by atoms with Crippen molar-refractivity contribution >= 4 is 23.2 Å². The van der Waals surface area contributed by atoms with Crippen LogP contribution in [0.5, 0.6) is 0 Å². The Morgan fingerprint density at radius 2 is 1.42 bits per heavy atom. The lowest BCUT2D eigenvalue weighted by Crippen LogP contribution is -2.13. The highest BCUT2D eigenvalue weighted by molar-refractivity contribution is 6.04. The van der Waals surface area contributed by atoms with E-state index in [1.54, 1.807) is 24.3 Å². The molecule has 0 saturated heterocycles. The first-order valence-electron chi connectivity index (χ1n) is 9.47. The SMILES string of the molecule is CCC(=O)Nc1ccc(NC(=O)c2ccc(C3CCCCC3)cc2)cc1. The van der Waals surface area contributed by atoms with Crippen LogP contribution in [0.15, 0.2) is 48.5 Å². The van der Waals surface area contributed by atoms with E-state index in [2.05, 4.69) is 22.8 Å². The summed E-state index contributed by atoms with van der Waals surface area (Å²) in [6, 6.07) is 15.2. The van der Waals surface area contributed by atoms with Crippen LogP contribution >= 0.6 is 0 Å². The molecule has 4 heteroatoms. The maximum atomic E-state index is 12.4. The van der Waals surface area contributed by atoms with Gasteiger partial charge in [0.15, 0.2) is 0 Å². The zero-order valence-corrected chi connectivity index (χ0v) is 15.3. The van der Waals surface area contributed by atoms with Crippen LogP contribution < -0.4 is 10.6 Å². The molecule has 1 fully saturated rings. The van der Waals surface area contributed by atoms with Gasteiger partial charge in [-0.1, -0.05) is 38.3 Å². The average Bonchev–Trinajstić information content (AvgIpc) is 2.70. The number of benzene rings is 2. The molecule has 0 radical (unpaired) electrons. The van der Waals surface area contributed by atoms with Crippen LogP contribution in [-0.2, 0) is 4.79 Å². The van der Waals surface area contributed by atoms with Crippen molar-refractivity contribution in [3.8, 4) is 0 Å². The Balaban J connectivity index is 1.59. The van der Waals surface area contributed by atoms with E-state index < -0.39 is 0 Å². The summed E-state index contributed by atoms with van der Waals surface area (Å²) in [6.07, 6.45) is 6.91. The second-order valence-corrected chi connectivity index (χ2v) is 6.89. The van der Waals surface area contributed by atoms with Gasteiger partial charge in [0.05, 0.1) is 0 Å². The third-order valence-corrected chi connectivity index (χ3v) is 5.00. The van der Waals surface area contributed by atoms with Crippen LogP contribution in [0.2, 0.25) is 0 Å². The van der Waals surface area contributed by atoms with Crippen molar-refractivity contribution in [2.24, 2.45) is 0 Å². The Hall–Kier alpha value is -2.62. The molecular formula is C22H26N2O2. The van der Waals surface area contributed by atoms with Crippen LogP contribution in [0.1, 0.15) is 67.3 Å². The fraction of sp³-hybridized carbons (Fsp3) is 0.364. The van der Waals surface area contributed by atoms with Crippen molar-refractivity contribution in [3.05, 3.63) is 59.7 Å². The lowest BCUT2D eigenvalue weighted by Gasteiger charge is -2.22. The van der Waals surface area contributed by atoms with Crippen molar-refractivity contribution in [3.63, 3.8) is 0 Å². The summed E-state index contributed by atoms with van der Waals surface area (Å²) in [5.74, 6) is 0.497. The summed E-state index contributed by atoms with van der Waals surface area (Å²) in [5, 5.41) is 5.69. The predicted molar refractivity (Wildman–Crippen MR) is 106 cm³/mol. The Labute approximate surface area is 155 Å². The summed E-state index contributed by atoms with van der Waals surface area (Å²) >= 11 is 0. The molecule has 0 aromatic heterocycles. The van der Waals surface area contributed by atoms with E-state index in [1.807, 2.05) is 19.1 Å². The first-order chi connectivity index (χ1) is 12.7. The Morgan fingerprint density at radius 3 is 2.00 bits per heavy atom. The number of hydrogen-bond acceptors (Lipinski definition) is 2. The van der Waals surface area contributed by atoms with Crippen molar-refractivity contribution in [2.45, 2.75) is 51.4 Å². The minimum Gasteiger partial charge on any atom is -0.326 e. The topological polar surface area (TPSA) is 58.2 Å². The van der Waals surface area contributed by atoms with Crippen LogP contribution in [0.3, 0.4) is 0 Å². The van der Waals surface area contributed by atoms with Gasteiger partial charge in [0.25, 0.3) is 5.91 Å². The maximum absolute atomic E-state index is 12.4. The molecule has 2 aromatic rings. The Bertz CT molecular complexity index is 745. The second-order valence-electron chi connectivity index (χ2n) is 6.89. The van der Waals surface area contributed by atoms with Gasteiger partial charge in [0.2, 0.25) is 5.91 Å². The molecule has 1 aliphatic carbocycles. The summed E-state index contributed by atoms with van der Waals surface area (Å²) in [7, 11) is 0. The van der Waals surface area contributed by atoms with Crippen molar-refractivity contribution in [2.75, 3.05) is 10.6 Å². The molecule has 2 N–H and O–H groups in total. The van der Waals surface area contributed by atoms with Gasteiger partial charge in [-0.3, -0.25) is 9.59 Å². The molecule has 2 aromatic carbocycles. The van der Waals surface area contributed by atoms with Gasteiger partial charge in [0.1, 0.15) is 0 Å². The van der Waals surface area contributed by atoms with E-state index in [0.717, 1.165) is 5.69 Å². The van der Waals surface area contributed by atoms with Gasteiger partial charge in [-0.05, 0) is 60.7 Å². The standard InChI is InChI=1S/C22H26N2O2/c1-2-21(25)23-19-12-14-20(15-13-19)24-22(26)18-10-8-17(9-11-18)16-6-4-3-5-7-16/h8-16H,2-7H2,1H3,(H,23,25)(H,24,26). The van der Waals surface area contributed by atoms with Gasteiger partial charge >= 0.3 is 0 Å². The molecule has 1 aliphatic rings. The maximum Gasteiger partial charge on any atom is 0.255 e. The smallest absolute Gasteiger partial charge is 0.255 e. The molecule has 0 spiro atoms. The molecule has 2 amide bonds. The zero-order chi connectivity index (χ0) is 18.4. The number of hydrogen-bond donors (Lipinski definition) is 2. The number of anilines is 2. The molecule has 0 heterocycles. The first-order valence-corrected chi connectivity index (χ1v) is 9.47. The number of rotatable bonds is 5. The number of amides is 2. The molecule has 0 bridgehead atoms. The van der Waals surface area contributed by atoms with Gasteiger partial charge in [-0.25, -0.2) is 0 Å². The van der Waals surface area contributed by atoms with Crippen LogP contribution in [0.4, 0.5) is 11.4 Å². The fourth-order valence-electron chi connectivity index (χ4n) is 3.43. The Kier molecular flexibility index (Phi) is 6.05. The number of carbonyl (C=O) groups excluding carboxylic acids is 2. The van der Waals surface area contributed by atoms with E-state index in [4.69, 9.17) is 0 Å². The molecule has 3 rings (SSSR count). The normalized spacial score (nSPS) is 14.7. The number of carbonyl (C=O) groups is 2. The van der Waals surface area contributed by atoms with Gasteiger partial charge in [-0.15, -0.1) is 0 Å². The molecular weight excluding hydrogens is 324 g/mol. The van der Waals surface area contributed by atoms with Crippen LogP contribution in [0.25, 0.3) is 0 Å². The van der Waals surface area contributed by atoms with E-state index in [1.165, 1.54) is 37.7 Å². The monoisotopic (exact) mass is 350 g/mol. The van der Waals surface area contributed by atoms with Crippen LogP contribution in [-0.4, -0.2) is 11.8 Å². The third kappa shape index (κ3) is 4.72. The average molecular weight is 350 g/mol. The van der Waals surface area contributed by atoms with E-state index in [-0.39, 0.29) is 11.8 Å². The van der Waals surface area contributed by atoms with E-state index >= 15 is 0 Å². The second kappa shape index (κ2) is 8.65. The Morgan fingerprint density at radius 1 is 0.846 bits per heavy atom. The fourth-order valence-corrected chi connectivity index (χ4v) is 3.43. The number of nitrogens with one attached hydrogen (secondary N) is 2. The van der Waals surface area contributed by atoms with Gasteiger partial charge < -0.3 is 10.6 Å². The lowest BCUT2D eigenvalue weighted by atomic mass is 9.84. The van der Waals surface area contributed by atoms with Gasteiger partial charge in [0, 0.05) is 23.4 Å². The summed E-state index contributed by atoms with van der Waals surface area (Å²) in [5.41, 5.74) is 3.44. The predicted octanol–water partition coefficient (Wildman–Crippen LogP) is 5.34. The highest BCUT2D eigenvalue weighted by Gasteiger charge is 2.16. The van der Waals surface area contributed by atoms with Crippen LogP contribution in [0, 0.1) is 0 Å². The summed E-state index contributed by atoms with van der Waals surface area (Å²) in [6.45, 7) is 1.81. The molecule has 1 saturated carbocycles. The van der Waals surface area contributed by atoms with Crippen molar-refractivity contribution < 1.29 is 9.59 Å². The van der Waals surface area contributed by atoms with Gasteiger partial charge in [-0.2, -0.15) is 0 Å². The quantitative estimate of drug-likeness (QED) is 0.765. The van der Waals surface area contributed by atoms with E-state index in [9.17, 15) is 9.59 Å². The molecule has 136 valence electrons. The molecule has 0 unspecified atom stereocenters. The first kappa shape index (κ1) is 18.2. The highest BCUT2D eigenvalue weighted by atomic mass is 16.2. The largest absolute Gasteiger partial charge is 0.326 e. The molecule has 4 nitrogen and oxygen atoms in total. The molecule has 0 aliphatic heterocycles. The van der Waals surface area contributed by atoms with Crippen molar-refractivity contribution in [1.29, 1.82) is 0 Å². The lowest BCUT2D eigenvalue weighted by molar-refractivity contribution is -0.115. The molecule has 0 atom stereocenters. The minimum absolute atomic E-state index is 0.0279. The zero-order valence-electron chi connectivity index (χ0n) is 15.3. The molecule has 26 heavy (non-hydrogen) atoms. The van der Waals surface area contributed by atoms with E-state index in [0.29, 0.717) is 23.6 Å². The summed E-state index contributed by atoms with van der Waals surface area (Å²) in [4.78, 5) is 23.8.